The molecule has 2 N–H and O–H groups in total. The third kappa shape index (κ3) is 3.83. The minimum Gasteiger partial charge on any atom is -0.467 e. The number of carbonyl (C=O) groups is 2. The van der Waals surface area contributed by atoms with E-state index in [0.717, 1.165) is 6.08 Å². The van der Waals surface area contributed by atoms with Gasteiger partial charge in [0.25, 0.3) is 0 Å². The molecule has 0 aromatic heterocycles. The van der Waals surface area contributed by atoms with Gasteiger partial charge in [-0.25, -0.2) is 4.79 Å². The Labute approximate surface area is 125 Å². The first-order chi connectivity index (χ1) is 9.76. The number of amides is 1. The van der Waals surface area contributed by atoms with Crippen molar-refractivity contribution < 1.29 is 24.5 Å². The van der Waals surface area contributed by atoms with Crippen LogP contribution in [0.15, 0.2) is 12.7 Å². The molecule has 4 atom stereocenters. The summed E-state index contributed by atoms with van der Waals surface area (Å²) in [5.74, 6) is -0.826. The molecule has 1 saturated carbocycles. The summed E-state index contributed by atoms with van der Waals surface area (Å²) in [5, 5.41) is 19.3. The molecule has 1 fully saturated rings. The Morgan fingerprint density at radius 2 is 2.00 bits per heavy atom. The van der Waals surface area contributed by atoms with Crippen molar-refractivity contribution in [2.75, 3.05) is 14.2 Å². The predicted molar refractivity (Wildman–Crippen MR) is 77.4 cm³/mol. The highest BCUT2D eigenvalue weighted by molar-refractivity contribution is 5.92. The third-order valence-corrected chi connectivity index (χ3v) is 4.45. The van der Waals surface area contributed by atoms with Crippen molar-refractivity contribution in [2.24, 2.45) is 5.92 Å². The zero-order valence-electron chi connectivity index (χ0n) is 12.9. The van der Waals surface area contributed by atoms with Gasteiger partial charge in [0, 0.05) is 7.05 Å². The molecule has 120 valence electrons. The summed E-state index contributed by atoms with van der Waals surface area (Å²) in [7, 11) is 2.82. The van der Waals surface area contributed by atoms with E-state index in [-0.39, 0.29) is 11.8 Å². The lowest BCUT2D eigenvalue weighted by Gasteiger charge is -2.40. The molecule has 6 nitrogen and oxygen atoms in total. The number of esters is 1. The smallest absolute Gasteiger partial charge is 0.331 e. The number of hydrogen-bond acceptors (Lipinski definition) is 5. The molecule has 0 heterocycles. The number of likely N-dealkylation sites (N-methyl/N-ethyl adjacent to an activating group) is 1. The Balaban J connectivity index is 2.91. The van der Waals surface area contributed by atoms with Gasteiger partial charge in [-0.05, 0) is 44.6 Å². The monoisotopic (exact) mass is 299 g/mol. The number of hydrogen-bond donors (Lipinski definition) is 2. The lowest BCUT2D eigenvalue weighted by atomic mass is 9.77. The molecule has 0 aromatic rings. The summed E-state index contributed by atoms with van der Waals surface area (Å²) in [6.45, 7) is 5.08. The van der Waals surface area contributed by atoms with Crippen LogP contribution in [-0.2, 0) is 14.3 Å². The number of aliphatic hydroxyl groups is 2. The Morgan fingerprint density at radius 1 is 1.38 bits per heavy atom. The average molecular weight is 299 g/mol. The van der Waals surface area contributed by atoms with Crippen LogP contribution in [0.2, 0.25) is 0 Å². The van der Waals surface area contributed by atoms with Crippen molar-refractivity contribution in [3.63, 3.8) is 0 Å². The lowest BCUT2D eigenvalue weighted by Crippen LogP contribution is -2.54. The Kier molecular flexibility index (Phi) is 5.92. The highest BCUT2D eigenvalue weighted by atomic mass is 16.5. The molecule has 21 heavy (non-hydrogen) atoms. The van der Waals surface area contributed by atoms with Crippen molar-refractivity contribution in [3.8, 4) is 0 Å². The first-order valence-corrected chi connectivity index (χ1v) is 7.11. The molecule has 0 saturated heterocycles. The molecule has 1 aliphatic rings. The summed E-state index contributed by atoms with van der Waals surface area (Å²) in [6.07, 6.45) is 1.62. The highest BCUT2D eigenvalue weighted by Gasteiger charge is 2.43. The summed E-state index contributed by atoms with van der Waals surface area (Å²) < 4.78 is 4.84. The molecule has 1 aliphatic carbocycles. The average Bonchev–Trinajstić information content (AvgIpc) is 2.48. The second-order valence-corrected chi connectivity index (χ2v) is 5.88. The molecule has 0 spiro atoms. The summed E-state index contributed by atoms with van der Waals surface area (Å²) >= 11 is 0. The van der Waals surface area contributed by atoms with Crippen molar-refractivity contribution in [1.82, 2.24) is 4.90 Å². The molecule has 0 aromatic carbocycles. The molecule has 1 rings (SSSR count). The fourth-order valence-corrected chi connectivity index (χ4v) is 2.92. The molecular formula is C15H25NO5. The number of ether oxygens (including phenoxy) is 1. The summed E-state index contributed by atoms with van der Waals surface area (Å²) in [5.41, 5.74) is -1.12. The van der Waals surface area contributed by atoms with Gasteiger partial charge in [-0.15, -0.1) is 0 Å². The van der Waals surface area contributed by atoms with Crippen LogP contribution < -0.4 is 0 Å². The normalized spacial score (nSPS) is 28.3. The van der Waals surface area contributed by atoms with Crippen molar-refractivity contribution in [3.05, 3.63) is 12.7 Å². The number of aliphatic hydroxyl groups excluding tert-OH is 2. The first kappa shape index (κ1) is 17.7. The van der Waals surface area contributed by atoms with Gasteiger partial charge in [0.15, 0.2) is 0 Å². The van der Waals surface area contributed by atoms with Crippen LogP contribution in [0, 0.1) is 5.92 Å². The quantitative estimate of drug-likeness (QED) is 0.569. The predicted octanol–water partition coefficient (Wildman–Crippen LogP) is 0.474. The Bertz CT molecular complexity index is 411. The molecule has 0 bridgehead atoms. The van der Waals surface area contributed by atoms with Crippen LogP contribution in [0.1, 0.15) is 32.6 Å². The van der Waals surface area contributed by atoms with E-state index in [9.17, 15) is 19.8 Å². The van der Waals surface area contributed by atoms with Crippen molar-refractivity contribution in [2.45, 2.75) is 50.4 Å². The van der Waals surface area contributed by atoms with E-state index in [1.54, 1.807) is 6.92 Å². The minimum absolute atomic E-state index is 0.0348. The van der Waals surface area contributed by atoms with E-state index in [2.05, 4.69) is 6.58 Å². The van der Waals surface area contributed by atoms with Gasteiger partial charge in [0.1, 0.15) is 5.54 Å². The Hall–Kier alpha value is -1.40. The van der Waals surface area contributed by atoms with E-state index in [4.69, 9.17) is 4.74 Å². The molecule has 6 heteroatoms. The molecule has 4 unspecified atom stereocenters. The fraction of sp³-hybridized carbons (Fsp3) is 0.733. The van der Waals surface area contributed by atoms with Gasteiger partial charge < -0.3 is 19.8 Å². The van der Waals surface area contributed by atoms with E-state index in [0.29, 0.717) is 25.7 Å². The fourth-order valence-electron chi connectivity index (χ4n) is 2.92. The molecule has 0 aliphatic heterocycles. The number of nitrogens with zero attached hydrogens (tertiary/aromatic N) is 1. The minimum atomic E-state index is -1.12. The van der Waals surface area contributed by atoms with Crippen molar-refractivity contribution >= 4 is 11.9 Å². The molecule has 1 amide bonds. The molecule has 0 radical (unpaired) electrons. The second kappa shape index (κ2) is 7.04. The summed E-state index contributed by atoms with van der Waals surface area (Å²) in [6, 6.07) is 0. The highest BCUT2D eigenvalue weighted by Crippen LogP contribution is 2.34. The van der Waals surface area contributed by atoms with Crippen LogP contribution in [0.4, 0.5) is 0 Å². The first-order valence-electron chi connectivity index (χ1n) is 7.11. The zero-order chi connectivity index (χ0) is 16.2. The number of rotatable bonds is 5. The maximum Gasteiger partial charge on any atom is 0.331 e. The van der Waals surface area contributed by atoms with Crippen LogP contribution in [0.3, 0.4) is 0 Å². The van der Waals surface area contributed by atoms with Crippen LogP contribution in [-0.4, -0.2) is 58.9 Å². The second-order valence-electron chi connectivity index (χ2n) is 5.88. The zero-order valence-corrected chi connectivity index (χ0v) is 12.9. The van der Waals surface area contributed by atoms with Gasteiger partial charge in [-0.3, -0.25) is 4.79 Å². The maximum atomic E-state index is 12.2. The van der Waals surface area contributed by atoms with Crippen LogP contribution in [0.25, 0.3) is 0 Å². The van der Waals surface area contributed by atoms with Gasteiger partial charge >= 0.3 is 5.97 Å². The van der Waals surface area contributed by atoms with Gasteiger partial charge in [-0.1, -0.05) is 6.58 Å². The van der Waals surface area contributed by atoms with Crippen LogP contribution in [0.5, 0.6) is 0 Å². The van der Waals surface area contributed by atoms with Gasteiger partial charge in [0.05, 0.1) is 19.3 Å². The van der Waals surface area contributed by atoms with E-state index >= 15 is 0 Å². The van der Waals surface area contributed by atoms with Crippen LogP contribution >= 0.6 is 0 Å². The van der Waals surface area contributed by atoms with Crippen molar-refractivity contribution in [1.29, 1.82) is 0 Å². The standard InChI is InChI=1S/C15H25NO5/c1-5-13(19)16(3)15(2,14(20)21-4)9-10-6-7-11(17)12(18)8-10/h5,10-12,17-18H,1,6-9H2,2-4H3. The van der Waals surface area contributed by atoms with E-state index in [1.807, 2.05) is 0 Å². The van der Waals surface area contributed by atoms with Gasteiger partial charge in [-0.2, -0.15) is 0 Å². The maximum absolute atomic E-state index is 12.2. The largest absolute Gasteiger partial charge is 0.467 e. The molecular weight excluding hydrogens is 274 g/mol. The topological polar surface area (TPSA) is 87.1 Å². The van der Waals surface area contributed by atoms with E-state index in [1.165, 1.54) is 19.1 Å². The summed E-state index contributed by atoms with van der Waals surface area (Å²) in [4.78, 5) is 25.3. The Morgan fingerprint density at radius 3 is 2.48 bits per heavy atom. The SMILES string of the molecule is C=CC(=O)N(C)C(C)(CC1CCC(O)C(O)C1)C(=O)OC. The lowest BCUT2D eigenvalue weighted by molar-refractivity contribution is -0.160. The van der Waals surface area contributed by atoms with Gasteiger partial charge in [0.2, 0.25) is 5.91 Å². The van der Waals surface area contributed by atoms with E-state index < -0.39 is 23.7 Å². The number of carbonyl (C=O) groups excluding carboxylic acids is 2. The number of methoxy groups -OCH3 is 1. The third-order valence-electron chi connectivity index (χ3n) is 4.45.